The highest BCUT2D eigenvalue weighted by molar-refractivity contribution is 4.74. The fourth-order valence-corrected chi connectivity index (χ4v) is 0.456. The molecular weight excluding hydrogens is 149 g/mol. The van der Waals surface area contributed by atoms with Crippen molar-refractivity contribution in [3.8, 4) is 0 Å². The summed E-state index contributed by atoms with van der Waals surface area (Å²) in [6.07, 6.45) is -6.88. The van der Waals surface area contributed by atoms with Crippen LogP contribution in [0.4, 0.5) is 13.2 Å². The van der Waals surface area contributed by atoms with Crippen LogP contribution in [0.15, 0.2) is 0 Å². The van der Waals surface area contributed by atoms with Gasteiger partial charge in [0.05, 0.1) is 6.10 Å². The van der Waals surface area contributed by atoms with Gasteiger partial charge in [-0.25, -0.2) is 0 Å². The van der Waals surface area contributed by atoms with E-state index in [4.69, 9.17) is 0 Å². The third kappa shape index (κ3) is 2.15. The molecule has 1 aliphatic carbocycles. The number of hydrogen-bond donors (Lipinski definition) is 0. The molecule has 1 rings (SSSR count). The maximum absolute atomic E-state index is 11.4. The molecule has 0 heterocycles. The number of halogens is 3. The Morgan fingerprint density at radius 1 is 1.40 bits per heavy atom. The Labute approximate surface area is 55.6 Å². The normalized spacial score (nSPS) is 22.8. The highest BCUT2D eigenvalue weighted by Crippen LogP contribution is 2.30. The average Bonchev–Trinajstić information content (AvgIpc) is 2.47. The van der Waals surface area contributed by atoms with Gasteiger partial charge in [0.2, 0.25) is 0 Å². The quantitative estimate of drug-likeness (QED) is 0.555. The van der Waals surface area contributed by atoms with Crippen molar-refractivity contribution in [3.05, 3.63) is 0 Å². The van der Waals surface area contributed by atoms with E-state index in [2.05, 4.69) is 4.74 Å². The SMILES string of the molecule is [O]C(OC1CC1)C(F)(F)F. The lowest BCUT2D eigenvalue weighted by molar-refractivity contribution is -0.317. The Hall–Kier alpha value is -0.290. The number of alkyl halides is 3. The summed E-state index contributed by atoms with van der Waals surface area (Å²) < 4.78 is 38.2. The van der Waals surface area contributed by atoms with E-state index < -0.39 is 18.6 Å². The van der Waals surface area contributed by atoms with Gasteiger partial charge < -0.3 is 4.74 Å². The lowest BCUT2D eigenvalue weighted by Gasteiger charge is -2.11. The molecule has 0 aliphatic heterocycles. The molecule has 0 saturated heterocycles. The second-order valence-corrected chi connectivity index (χ2v) is 2.21. The van der Waals surface area contributed by atoms with Gasteiger partial charge >= 0.3 is 6.18 Å². The Balaban J connectivity index is 2.25. The van der Waals surface area contributed by atoms with Gasteiger partial charge in [-0.2, -0.15) is 18.3 Å². The first-order chi connectivity index (χ1) is 4.50. The van der Waals surface area contributed by atoms with Crippen molar-refractivity contribution < 1.29 is 23.0 Å². The molecule has 1 radical (unpaired) electrons. The van der Waals surface area contributed by atoms with E-state index in [0.717, 1.165) is 0 Å². The van der Waals surface area contributed by atoms with E-state index >= 15 is 0 Å². The fourth-order valence-electron chi connectivity index (χ4n) is 0.456. The molecule has 2 nitrogen and oxygen atoms in total. The summed E-state index contributed by atoms with van der Waals surface area (Å²) >= 11 is 0. The first kappa shape index (κ1) is 7.81. The van der Waals surface area contributed by atoms with Crippen LogP contribution in [0, 0.1) is 0 Å². The van der Waals surface area contributed by atoms with Crippen LogP contribution >= 0.6 is 0 Å². The molecule has 1 fully saturated rings. The smallest absolute Gasteiger partial charge is 0.339 e. The highest BCUT2D eigenvalue weighted by atomic mass is 19.4. The molecule has 0 aromatic heterocycles. The lowest BCUT2D eigenvalue weighted by atomic mass is 10.6. The molecule has 0 aromatic rings. The highest BCUT2D eigenvalue weighted by Gasteiger charge is 2.44. The summed E-state index contributed by atoms with van der Waals surface area (Å²) in [7, 11) is 0. The first-order valence-corrected chi connectivity index (χ1v) is 2.88. The van der Waals surface area contributed by atoms with Crippen LogP contribution < -0.4 is 0 Å². The first-order valence-electron chi connectivity index (χ1n) is 2.88. The molecule has 0 spiro atoms. The largest absolute Gasteiger partial charge is 0.443 e. The van der Waals surface area contributed by atoms with E-state index in [1.54, 1.807) is 0 Å². The summed E-state index contributed by atoms with van der Waals surface area (Å²) in [6.45, 7) is 0. The minimum atomic E-state index is -4.75. The van der Waals surface area contributed by atoms with Gasteiger partial charge in [0.25, 0.3) is 6.29 Å². The molecule has 1 unspecified atom stereocenters. The zero-order valence-electron chi connectivity index (χ0n) is 5.02. The van der Waals surface area contributed by atoms with Crippen molar-refractivity contribution >= 4 is 0 Å². The Kier molecular flexibility index (Phi) is 1.87. The molecule has 1 atom stereocenters. The Bertz CT molecular complexity index is 119. The van der Waals surface area contributed by atoms with Gasteiger partial charge in [-0.3, -0.25) is 0 Å². The van der Waals surface area contributed by atoms with Crippen molar-refractivity contribution in [2.45, 2.75) is 31.4 Å². The third-order valence-electron chi connectivity index (χ3n) is 1.11. The van der Waals surface area contributed by atoms with Gasteiger partial charge in [-0.1, -0.05) is 0 Å². The van der Waals surface area contributed by atoms with Crippen molar-refractivity contribution in [3.63, 3.8) is 0 Å². The maximum atomic E-state index is 11.4. The minimum absolute atomic E-state index is 0.441. The second-order valence-electron chi connectivity index (χ2n) is 2.21. The number of ether oxygens (including phenoxy) is 1. The van der Waals surface area contributed by atoms with Crippen molar-refractivity contribution in [1.82, 2.24) is 0 Å². The Morgan fingerprint density at radius 3 is 2.20 bits per heavy atom. The molecule has 0 bridgehead atoms. The summed E-state index contributed by atoms with van der Waals surface area (Å²) in [5, 5.41) is 10.1. The Morgan fingerprint density at radius 2 is 1.90 bits per heavy atom. The molecule has 0 amide bonds. The molecule has 1 aliphatic rings. The van der Waals surface area contributed by atoms with Gasteiger partial charge in [-0.15, -0.1) is 0 Å². The average molecular weight is 155 g/mol. The van der Waals surface area contributed by atoms with Gasteiger partial charge in [-0.05, 0) is 12.8 Å². The van der Waals surface area contributed by atoms with Crippen LogP contribution in [0.2, 0.25) is 0 Å². The van der Waals surface area contributed by atoms with E-state index in [-0.39, 0.29) is 0 Å². The molecule has 10 heavy (non-hydrogen) atoms. The summed E-state index contributed by atoms with van der Waals surface area (Å²) in [5.74, 6) is 0. The molecule has 5 heteroatoms. The van der Waals surface area contributed by atoms with Crippen LogP contribution in [-0.2, 0) is 9.84 Å². The van der Waals surface area contributed by atoms with Crippen LogP contribution in [0.3, 0.4) is 0 Å². The van der Waals surface area contributed by atoms with E-state index in [9.17, 15) is 18.3 Å². The lowest BCUT2D eigenvalue weighted by Crippen LogP contribution is -2.30. The summed E-state index contributed by atoms with van der Waals surface area (Å²) in [5.41, 5.74) is 0. The standard InChI is InChI=1S/C5H6F3O2/c6-5(7,8)4(9)10-3-1-2-3/h3-4H,1-2H2. The van der Waals surface area contributed by atoms with E-state index in [1.165, 1.54) is 0 Å². The number of rotatable bonds is 2. The molecule has 0 aromatic carbocycles. The van der Waals surface area contributed by atoms with Crippen LogP contribution in [0.5, 0.6) is 0 Å². The predicted octanol–water partition coefficient (Wildman–Crippen LogP) is 1.48. The van der Waals surface area contributed by atoms with Gasteiger partial charge in [0, 0.05) is 0 Å². The molecule has 59 valence electrons. The monoisotopic (exact) mass is 155 g/mol. The third-order valence-corrected chi connectivity index (χ3v) is 1.11. The van der Waals surface area contributed by atoms with Crippen molar-refractivity contribution in [1.29, 1.82) is 0 Å². The van der Waals surface area contributed by atoms with Crippen molar-refractivity contribution in [2.24, 2.45) is 0 Å². The minimum Gasteiger partial charge on any atom is -0.339 e. The van der Waals surface area contributed by atoms with E-state index in [0.29, 0.717) is 12.8 Å². The van der Waals surface area contributed by atoms with Crippen molar-refractivity contribution in [2.75, 3.05) is 0 Å². The molecule has 1 saturated carbocycles. The predicted molar refractivity (Wildman–Crippen MR) is 24.6 cm³/mol. The van der Waals surface area contributed by atoms with Gasteiger partial charge in [0.15, 0.2) is 0 Å². The fraction of sp³-hybridized carbons (Fsp3) is 1.00. The second kappa shape index (κ2) is 2.39. The zero-order valence-corrected chi connectivity index (χ0v) is 5.02. The summed E-state index contributed by atoms with van der Waals surface area (Å²) in [6, 6.07) is 0. The zero-order chi connectivity index (χ0) is 7.78. The topological polar surface area (TPSA) is 29.1 Å². The summed E-state index contributed by atoms with van der Waals surface area (Å²) in [4.78, 5) is 0. The van der Waals surface area contributed by atoms with Gasteiger partial charge in [0.1, 0.15) is 0 Å². The van der Waals surface area contributed by atoms with Crippen LogP contribution in [0.1, 0.15) is 12.8 Å². The van der Waals surface area contributed by atoms with Crippen LogP contribution in [0.25, 0.3) is 0 Å². The van der Waals surface area contributed by atoms with Crippen LogP contribution in [-0.4, -0.2) is 18.6 Å². The molecule has 0 N–H and O–H groups in total. The number of hydrogen-bond acceptors (Lipinski definition) is 1. The van der Waals surface area contributed by atoms with E-state index in [1.807, 2.05) is 0 Å². The maximum Gasteiger partial charge on any atom is 0.443 e. The molecular formula is C5H6F3O2.